The zero-order chi connectivity index (χ0) is 16.4. The summed E-state index contributed by atoms with van der Waals surface area (Å²) < 4.78 is 24.2. The van der Waals surface area contributed by atoms with Crippen LogP contribution in [0.4, 0.5) is 4.39 Å². The molecule has 0 N–H and O–H groups in total. The molecule has 0 saturated heterocycles. The van der Waals surface area contributed by atoms with Crippen molar-refractivity contribution in [1.82, 2.24) is 15.2 Å². The molecule has 24 heavy (non-hydrogen) atoms. The lowest BCUT2D eigenvalue weighted by atomic mass is 10.2. The molecule has 0 atom stereocenters. The highest BCUT2D eigenvalue weighted by molar-refractivity contribution is 7.98. The minimum Gasteiger partial charge on any atom is -0.444 e. The molecule has 3 aromatic heterocycles. The molecule has 8 heteroatoms. The van der Waals surface area contributed by atoms with Gasteiger partial charge < -0.3 is 8.83 Å². The first-order valence-electron chi connectivity index (χ1n) is 6.98. The minimum atomic E-state index is -0.325. The van der Waals surface area contributed by atoms with E-state index >= 15 is 0 Å². The number of hydrogen-bond acceptors (Lipinski definition) is 7. The fourth-order valence-corrected chi connectivity index (χ4v) is 3.32. The molecule has 0 aliphatic rings. The van der Waals surface area contributed by atoms with Crippen LogP contribution >= 0.6 is 23.1 Å². The standard InChI is InChI=1S/C16H10FN3O2S2/c17-11-4-1-3-10(7-11)14-18-12(8-21-14)9-24-16-20-19-15(22-16)13-5-2-6-23-13/h1-8H,9H2. The van der Waals surface area contributed by atoms with Crippen LogP contribution in [-0.4, -0.2) is 15.2 Å². The maximum absolute atomic E-state index is 13.2. The van der Waals surface area contributed by atoms with Crippen LogP contribution < -0.4 is 0 Å². The van der Waals surface area contributed by atoms with Crippen molar-refractivity contribution in [2.75, 3.05) is 0 Å². The summed E-state index contributed by atoms with van der Waals surface area (Å²) in [7, 11) is 0. The third-order valence-corrected chi connectivity index (χ3v) is 4.82. The minimum absolute atomic E-state index is 0.325. The molecule has 0 aliphatic heterocycles. The summed E-state index contributed by atoms with van der Waals surface area (Å²) in [6.07, 6.45) is 1.55. The van der Waals surface area contributed by atoms with Crippen molar-refractivity contribution in [1.29, 1.82) is 0 Å². The second-order valence-corrected chi connectivity index (χ2v) is 6.67. The highest BCUT2D eigenvalue weighted by atomic mass is 32.2. The van der Waals surface area contributed by atoms with E-state index in [4.69, 9.17) is 8.83 Å². The summed E-state index contributed by atoms with van der Waals surface area (Å²) in [5.41, 5.74) is 1.32. The summed E-state index contributed by atoms with van der Waals surface area (Å²) in [4.78, 5) is 5.29. The predicted molar refractivity (Wildman–Crippen MR) is 89.1 cm³/mol. The van der Waals surface area contributed by atoms with Crippen LogP contribution in [0.15, 0.2) is 62.1 Å². The molecule has 1 aromatic carbocycles. The smallest absolute Gasteiger partial charge is 0.277 e. The molecule has 120 valence electrons. The molecule has 0 bridgehead atoms. The van der Waals surface area contributed by atoms with Crippen molar-refractivity contribution < 1.29 is 13.2 Å². The summed E-state index contributed by atoms with van der Waals surface area (Å²) >= 11 is 2.91. The number of thiophene rings is 1. The van der Waals surface area contributed by atoms with Crippen molar-refractivity contribution >= 4 is 23.1 Å². The van der Waals surface area contributed by atoms with Gasteiger partial charge in [0.25, 0.3) is 11.1 Å². The van der Waals surface area contributed by atoms with Crippen LogP contribution in [0, 0.1) is 5.82 Å². The SMILES string of the molecule is Fc1cccc(-c2nc(CSc3nnc(-c4cccs4)o3)co2)c1. The average Bonchev–Trinajstić information content (AvgIpc) is 3.33. The van der Waals surface area contributed by atoms with E-state index in [-0.39, 0.29) is 5.82 Å². The number of aromatic nitrogens is 3. The number of thioether (sulfide) groups is 1. The molecule has 0 amide bonds. The zero-order valence-electron chi connectivity index (χ0n) is 12.2. The average molecular weight is 359 g/mol. The molecule has 0 aliphatic carbocycles. The highest BCUT2D eigenvalue weighted by Gasteiger charge is 2.12. The Kier molecular flexibility index (Phi) is 4.14. The van der Waals surface area contributed by atoms with Gasteiger partial charge in [0.05, 0.1) is 10.6 Å². The van der Waals surface area contributed by atoms with Gasteiger partial charge in [-0.05, 0) is 29.6 Å². The Hall–Kier alpha value is -2.45. The Balaban J connectivity index is 1.43. The fraction of sp³-hybridized carbons (Fsp3) is 0.0625. The van der Waals surface area contributed by atoms with Gasteiger partial charge in [0.1, 0.15) is 12.1 Å². The number of oxazole rings is 1. The third kappa shape index (κ3) is 3.24. The lowest BCUT2D eigenvalue weighted by molar-refractivity contribution is 0.466. The molecule has 3 heterocycles. The lowest BCUT2D eigenvalue weighted by Crippen LogP contribution is -1.83. The van der Waals surface area contributed by atoms with Gasteiger partial charge in [0.2, 0.25) is 5.89 Å². The Bertz CT molecular complexity index is 950. The molecular weight excluding hydrogens is 349 g/mol. The first-order chi connectivity index (χ1) is 11.8. The normalized spacial score (nSPS) is 11.0. The molecule has 0 spiro atoms. The van der Waals surface area contributed by atoms with E-state index in [0.29, 0.717) is 28.3 Å². The van der Waals surface area contributed by atoms with Crippen LogP contribution in [0.1, 0.15) is 5.69 Å². The quantitative estimate of drug-likeness (QED) is 0.473. The van der Waals surface area contributed by atoms with Crippen molar-refractivity contribution in [3.63, 3.8) is 0 Å². The molecule has 4 rings (SSSR count). The van der Waals surface area contributed by atoms with E-state index in [2.05, 4.69) is 15.2 Å². The fourth-order valence-electron chi connectivity index (χ4n) is 2.03. The van der Waals surface area contributed by atoms with Crippen LogP contribution in [0.2, 0.25) is 0 Å². The Morgan fingerprint density at radius 2 is 2.08 bits per heavy atom. The van der Waals surface area contributed by atoms with Gasteiger partial charge in [0, 0.05) is 11.3 Å². The van der Waals surface area contributed by atoms with Crippen molar-refractivity contribution in [3.8, 4) is 22.2 Å². The molecule has 0 radical (unpaired) electrons. The number of nitrogens with zero attached hydrogens (tertiary/aromatic N) is 3. The van der Waals surface area contributed by atoms with E-state index in [9.17, 15) is 4.39 Å². The van der Waals surface area contributed by atoms with E-state index in [0.717, 1.165) is 10.6 Å². The van der Waals surface area contributed by atoms with Gasteiger partial charge >= 0.3 is 0 Å². The highest BCUT2D eigenvalue weighted by Crippen LogP contribution is 2.28. The Labute approximate surface area is 144 Å². The summed E-state index contributed by atoms with van der Waals surface area (Å²) in [5, 5.41) is 10.5. The summed E-state index contributed by atoms with van der Waals surface area (Å²) in [6, 6.07) is 9.98. The van der Waals surface area contributed by atoms with E-state index in [1.54, 1.807) is 29.7 Å². The Morgan fingerprint density at radius 1 is 1.12 bits per heavy atom. The number of benzene rings is 1. The lowest BCUT2D eigenvalue weighted by Gasteiger charge is -1.94. The zero-order valence-corrected chi connectivity index (χ0v) is 13.8. The van der Waals surface area contributed by atoms with Gasteiger partial charge in [-0.3, -0.25) is 0 Å². The number of hydrogen-bond donors (Lipinski definition) is 0. The van der Waals surface area contributed by atoms with Gasteiger partial charge in [-0.2, -0.15) is 0 Å². The third-order valence-electron chi connectivity index (χ3n) is 3.11. The number of rotatable bonds is 5. The summed E-state index contributed by atoms with van der Waals surface area (Å²) in [6.45, 7) is 0. The molecule has 4 aromatic rings. The second-order valence-electron chi connectivity index (χ2n) is 4.79. The Morgan fingerprint density at radius 3 is 2.92 bits per heavy atom. The maximum atomic E-state index is 13.2. The molecular formula is C16H10FN3O2S2. The monoisotopic (exact) mass is 359 g/mol. The molecule has 0 saturated carbocycles. The van der Waals surface area contributed by atoms with E-state index in [1.807, 2.05) is 17.5 Å². The molecule has 0 unspecified atom stereocenters. The van der Waals surface area contributed by atoms with Gasteiger partial charge in [0.15, 0.2) is 0 Å². The second kappa shape index (κ2) is 6.58. The van der Waals surface area contributed by atoms with Crippen LogP contribution in [0.3, 0.4) is 0 Å². The van der Waals surface area contributed by atoms with E-state index < -0.39 is 0 Å². The van der Waals surface area contributed by atoms with Gasteiger partial charge in [-0.25, -0.2) is 9.37 Å². The maximum Gasteiger partial charge on any atom is 0.277 e. The first-order valence-corrected chi connectivity index (χ1v) is 8.85. The number of halogens is 1. The van der Waals surface area contributed by atoms with Gasteiger partial charge in [-0.1, -0.05) is 23.9 Å². The van der Waals surface area contributed by atoms with E-state index in [1.165, 1.54) is 23.9 Å². The van der Waals surface area contributed by atoms with Crippen molar-refractivity contribution in [3.05, 3.63) is 59.6 Å². The van der Waals surface area contributed by atoms with Crippen molar-refractivity contribution in [2.45, 2.75) is 11.0 Å². The molecule has 0 fully saturated rings. The summed E-state index contributed by atoms with van der Waals surface area (Å²) in [5.74, 6) is 1.09. The molecule has 5 nitrogen and oxygen atoms in total. The largest absolute Gasteiger partial charge is 0.444 e. The van der Waals surface area contributed by atoms with Crippen LogP contribution in [-0.2, 0) is 5.75 Å². The van der Waals surface area contributed by atoms with Crippen molar-refractivity contribution in [2.24, 2.45) is 0 Å². The first kappa shape index (κ1) is 15.1. The topological polar surface area (TPSA) is 65.0 Å². The van der Waals surface area contributed by atoms with Gasteiger partial charge in [-0.15, -0.1) is 21.5 Å². The predicted octanol–water partition coefficient (Wildman–Crippen LogP) is 4.88. The van der Waals surface area contributed by atoms with Crippen LogP contribution in [0.25, 0.3) is 22.2 Å². The van der Waals surface area contributed by atoms with Crippen LogP contribution in [0.5, 0.6) is 0 Å².